The number of fused-ring (bicyclic) bond motifs is 1. The number of hydrogen-bond donors (Lipinski definition) is 1. The molecule has 2 unspecified atom stereocenters. The zero-order valence-corrected chi connectivity index (χ0v) is 17.6. The summed E-state index contributed by atoms with van der Waals surface area (Å²) in [4.78, 5) is 32.0. The van der Waals surface area contributed by atoms with Gasteiger partial charge in [0.2, 0.25) is 0 Å². The number of carbonyl (C=O) groups is 2. The van der Waals surface area contributed by atoms with Crippen LogP contribution >= 0.6 is 0 Å². The van der Waals surface area contributed by atoms with Crippen LogP contribution in [-0.4, -0.2) is 65.2 Å². The van der Waals surface area contributed by atoms with Gasteiger partial charge in [-0.25, -0.2) is 9.59 Å². The lowest BCUT2D eigenvalue weighted by Gasteiger charge is -2.22. The lowest BCUT2D eigenvalue weighted by atomic mass is 10.1. The fourth-order valence-corrected chi connectivity index (χ4v) is 3.88. The first-order valence-corrected chi connectivity index (χ1v) is 10.2. The van der Waals surface area contributed by atoms with E-state index in [1.807, 2.05) is 6.07 Å². The van der Waals surface area contributed by atoms with Crippen molar-refractivity contribution in [1.82, 2.24) is 14.8 Å². The smallest absolute Gasteiger partial charge is 0.415 e. The molecule has 1 N–H and O–H groups in total. The van der Waals surface area contributed by atoms with E-state index >= 15 is 0 Å². The van der Waals surface area contributed by atoms with Crippen LogP contribution in [0.15, 0.2) is 60.8 Å². The molecule has 160 valence electrons. The number of hydrogen-bond acceptors (Lipinski definition) is 5. The zero-order chi connectivity index (χ0) is 22.0. The summed E-state index contributed by atoms with van der Waals surface area (Å²) in [6.07, 6.45) is 2.17. The molecule has 0 saturated heterocycles. The van der Waals surface area contributed by atoms with E-state index in [1.165, 1.54) is 22.6 Å². The van der Waals surface area contributed by atoms with Crippen molar-refractivity contribution in [3.63, 3.8) is 0 Å². The number of carboxylic acids is 1. The Morgan fingerprint density at radius 2 is 1.84 bits per heavy atom. The molecule has 0 spiro atoms. The van der Waals surface area contributed by atoms with Crippen molar-refractivity contribution in [1.29, 1.82) is 0 Å². The summed E-state index contributed by atoms with van der Waals surface area (Å²) in [5, 5.41) is 9.79. The number of carbonyl (C=O) groups excluding carboxylic acids is 1. The summed E-state index contributed by atoms with van der Waals surface area (Å²) in [5.41, 5.74) is 1.83. The van der Waals surface area contributed by atoms with Gasteiger partial charge < -0.3 is 19.6 Å². The molecule has 31 heavy (non-hydrogen) atoms. The van der Waals surface area contributed by atoms with Crippen molar-refractivity contribution >= 4 is 23.0 Å². The molecule has 1 fully saturated rings. The third kappa shape index (κ3) is 4.51. The van der Waals surface area contributed by atoms with E-state index in [-0.39, 0.29) is 11.3 Å². The molecule has 0 bridgehead atoms. The molecule has 1 aliphatic rings. The van der Waals surface area contributed by atoms with E-state index in [0.717, 1.165) is 13.0 Å². The highest BCUT2D eigenvalue weighted by Gasteiger charge is 2.40. The highest BCUT2D eigenvalue weighted by Crippen LogP contribution is 2.43. The first-order chi connectivity index (χ1) is 15.0. The monoisotopic (exact) mass is 419 g/mol. The van der Waals surface area contributed by atoms with Crippen molar-refractivity contribution in [2.75, 3.05) is 27.2 Å². The van der Waals surface area contributed by atoms with Crippen LogP contribution in [0.3, 0.4) is 0 Å². The van der Waals surface area contributed by atoms with Gasteiger partial charge in [0.05, 0.1) is 5.56 Å². The molecule has 1 saturated carbocycles. The van der Waals surface area contributed by atoms with Crippen molar-refractivity contribution in [3.05, 3.63) is 71.9 Å². The van der Waals surface area contributed by atoms with Crippen molar-refractivity contribution in [2.24, 2.45) is 0 Å². The van der Waals surface area contributed by atoms with Crippen LogP contribution in [-0.2, 0) is 0 Å². The van der Waals surface area contributed by atoms with Crippen molar-refractivity contribution < 1.29 is 19.4 Å². The minimum Gasteiger partial charge on any atom is -0.478 e. The highest BCUT2D eigenvalue weighted by atomic mass is 16.6. The van der Waals surface area contributed by atoms with Crippen LogP contribution in [0.1, 0.15) is 28.3 Å². The molecule has 2 atom stereocenters. The lowest BCUT2D eigenvalue weighted by molar-refractivity contribution is 0.0699. The largest absolute Gasteiger partial charge is 0.478 e. The Morgan fingerprint density at radius 3 is 2.58 bits per heavy atom. The summed E-state index contributed by atoms with van der Waals surface area (Å²) in [6.45, 7) is 1.25. The molecule has 0 aliphatic heterocycles. The quantitative estimate of drug-likeness (QED) is 0.626. The standard InChI is InChI=1S/C24H25N3O4/c1-26(20-15-19(20)16-7-4-3-5-8-16)13-14-27(2)24(30)31-21-11-10-18(23(28)29)17-9-6-12-25-22(17)21/h3-12,19-20H,13-15H2,1-2H3,(H,28,29). The Morgan fingerprint density at radius 1 is 1.06 bits per heavy atom. The van der Waals surface area contributed by atoms with Gasteiger partial charge in [0.1, 0.15) is 5.52 Å². The van der Waals surface area contributed by atoms with Crippen LogP contribution < -0.4 is 4.74 Å². The number of ether oxygens (including phenoxy) is 1. The van der Waals surface area contributed by atoms with E-state index in [9.17, 15) is 14.7 Å². The third-order valence-electron chi connectivity index (χ3n) is 5.81. The normalized spacial score (nSPS) is 17.5. The predicted molar refractivity (Wildman–Crippen MR) is 118 cm³/mol. The first-order valence-electron chi connectivity index (χ1n) is 10.2. The number of aromatic nitrogens is 1. The summed E-state index contributed by atoms with van der Waals surface area (Å²) in [6, 6.07) is 17.2. The van der Waals surface area contributed by atoms with E-state index in [2.05, 4.69) is 41.2 Å². The molecule has 1 amide bonds. The number of benzene rings is 2. The molecule has 4 rings (SSSR count). The van der Waals surface area contributed by atoms with Crippen molar-refractivity contribution in [2.45, 2.75) is 18.4 Å². The highest BCUT2D eigenvalue weighted by molar-refractivity contribution is 6.04. The Labute approximate surface area is 180 Å². The zero-order valence-electron chi connectivity index (χ0n) is 17.6. The molecule has 1 aromatic heterocycles. The van der Waals surface area contributed by atoms with E-state index in [1.54, 1.807) is 25.4 Å². The second-order valence-corrected chi connectivity index (χ2v) is 7.91. The van der Waals surface area contributed by atoms with Gasteiger partial charge in [0.25, 0.3) is 0 Å². The number of carboxylic acid groups (broad SMARTS) is 1. The molecule has 2 aromatic carbocycles. The maximum absolute atomic E-state index is 12.6. The summed E-state index contributed by atoms with van der Waals surface area (Å²) < 4.78 is 5.54. The van der Waals surface area contributed by atoms with Gasteiger partial charge in [-0.2, -0.15) is 0 Å². The number of likely N-dealkylation sites (N-methyl/N-ethyl adjacent to an activating group) is 2. The van der Waals surface area contributed by atoms with E-state index < -0.39 is 12.1 Å². The van der Waals surface area contributed by atoms with Gasteiger partial charge in [-0.15, -0.1) is 0 Å². The fraction of sp³-hybridized carbons (Fsp3) is 0.292. The van der Waals surface area contributed by atoms with Crippen LogP contribution in [0.2, 0.25) is 0 Å². The second-order valence-electron chi connectivity index (χ2n) is 7.91. The molecule has 7 nitrogen and oxygen atoms in total. The Hall–Kier alpha value is -3.45. The predicted octanol–water partition coefficient (Wildman–Crippen LogP) is 3.85. The van der Waals surface area contributed by atoms with Crippen molar-refractivity contribution in [3.8, 4) is 5.75 Å². The van der Waals surface area contributed by atoms with Crippen LogP contribution in [0, 0.1) is 0 Å². The average molecular weight is 419 g/mol. The fourth-order valence-electron chi connectivity index (χ4n) is 3.88. The van der Waals surface area contributed by atoms with Gasteiger partial charge >= 0.3 is 12.1 Å². The Kier molecular flexibility index (Phi) is 5.86. The summed E-state index contributed by atoms with van der Waals surface area (Å²) in [7, 11) is 3.77. The average Bonchev–Trinajstić information content (AvgIpc) is 3.59. The molecule has 3 aromatic rings. The lowest BCUT2D eigenvalue weighted by Crippen LogP contribution is -2.37. The Bertz CT molecular complexity index is 1100. The molecule has 1 aliphatic carbocycles. The second kappa shape index (κ2) is 8.73. The molecular weight excluding hydrogens is 394 g/mol. The molecule has 1 heterocycles. The Balaban J connectivity index is 1.35. The number of rotatable bonds is 7. The third-order valence-corrected chi connectivity index (χ3v) is 5.81. The van der Waals surface area contributed by atoms with Gasteiger partial charge in [-0.1, -0.05) is 36.4 Å². The first kappa shape index (κ1) is 20.8. The maximum Gasteiger partial charge on any atom is 0.415 e. The topological polar surface area (TPSA) is 83.0 Å². The number of amides is 1. The summed E-state index contributed by atoms with van der Waals surface area (Å²) >= 11 is 0. The van der Waals surface area contributed by atoms with E-state index in [4.69, 9.17) is 4.74 Å². The maximum atomic E-state index is 12.6. The van der Waals surface area contributed by atoms with Gasteiger partial charge in [-0.05, 0) is 37.2 Å². The minimum absolute atomic E-state index is 0.121. The summed E-state index contributed by atoms with van der Waals surface area (Å²) in [5.74, 6) is -0.254. The molecule has 7 heteroatoms. The van der Waals surface area contributed by atoms with Crippen LogP contribution in [0.4, 0.5) is 4.79 Å². The molecular formula is C24H25N3O4. The number of pyridine rings is 1. The van der Waals surface area contributed by atoms with Gasteiger partial charge in [-0.3, -0.25) is 4.98 Å². The minimum atomic E-state index is -1.05. The SMILES string of the molecule is CN(CCN(C)C1CC1c1ccccc1)C(=O)Oc1ccc(C(=O)O)c2cccnc12. The molecule has 0 radical (unpaired) electrons. The van der Waals surface area contributed by atoms with Crippen LogP contribution in [0.25, 0.3) is 10.9 Å². The van der Waals surface area contributed by atoms with Gasteiger partial charge in [0, 0.05) is 43.7 Å². The van der Waals surface area contributed by atoms with Crippen LogP contribution in [0.5, 0.6) is 5.75 Å². The number of nitrogens with zero attached hydrogens (tertiary/aromatic N) is 3. The number of aromatic carboxylic acids is 1. The van der Waals surface area contributed by atoms with E-state index in [0.29, 0.717) is 29.4 Å². The van der Waals surface area contributed by atoms with Gasteiger partial charge in [0.15, 0.2) is 5.75 Å².